The molecule has 0 unspecified atom stereocenters. The molecule has 0 bridgehead atoms. The molecule has 5 rings (SSSR count). The molecule has 4 aromatic heterocycles. The molecule has 5 aromatic rings. The van der Waals surface area contributed by atoms with Gasteiger partial charge in [-0.25, -0.2) is 13.8 Å². The minimum Gasteiger partial charge on any atom is -0.485 e. The molecule has 0 saturated carbocycles. The number of halogens is 3. The summed E-state index contributed by atoms with van der Waals surface area (Å²) in [7, 11) is 1.71. The SMILES string of the molecule is Cc1cc(Cl)ccc1OCc1ccc(C(=O)Nc2c(C(N)=O)sc3nc(C(F)F)cc(-c4cnn(C)c4C)c23)o1. The Bertz CT molecular complexity index is 1780. The number of aromatic nitrogens is 3. The van der Waals surface area contributed by atoms with E-state index in [0.29, 0.717) is 38.7 Å². The first kappa shape index (κ1) is 27.3. The summed E-state index contributed by atoms with van der Waals surface area (Å²) in [5.74, 6) is -0.603. The van der Waals surface area contributed by atoms with Gasteiger partial charge in [0.05, 0.1) is 11.9 Å². The van der Waals surface area contributed by atoms with E-state index in [2.05, 4.69) is 15.4 Å². The molecule has 0 atom stereocenters. The van der Waals surface area contributed by atoms with Crippen LogP contribution in [0.15, 0.2) is 47.0 Å². The average molecular weight is 586 g/mol. The number of thiophene rings is 1. The number of carbonyl (C=O) groups is 2. The molecule has 40 heavy (non-hydrogen) atoms. The normalized spacial score (nSPS) is 11.4. The molecule has 4 heterocycles. The monoisotopic (exact) mass is 585 g/mol. The number of rotatable bonds is 8. The zero-order chi connectivity index (χ0) is 28.7. The minimum absolute atomic E-state index is 0.0432. The third kappa shape index (κ3) is 5.15. The highest BCUT2D eigenvalue weighted by Crippen LogP contribution is 2.43. The van der Waals surface area contributed by atoms with E-state index >= 15 is 0 Å². The van der Waals surface area contributed by atoms with Gasteiger partial charge in [-0.3, -0.25) is 14.3 Å². The number of pyridine rings is 1. The second kappa shape index (κ2) is 10.7. The van der Waals surface area contributed by atoms with E-state index in [9.17, 15) is 18.4 Å². The summed E-state index contributed by atoms with van der Waals surface area (Å²) in [4.78, 5) is 29.7. The van der Waals surface area contributed by atoms with Gasteiger partial charge in [0.15, 0.2) is 5.76 Å². The topological polar surface area (TPSA) is 125 Å². The zero-order valence-corrected chi connectivity index (χ0v) is 23.0. The van der Waals surface area contributed by atoms with Gasteiger partial charge < -0.3 is 20.2 Å². The van der Waals surface area contributed by atoms with Crippen LogP contribution in [0.2, 0.25) is 5.02 Å². The van der Waals surface area contributed by atoms with Crippen molar-refractivity contribution in [2.75, 3.05) is 5.32 Å². The van der Waals surface area contributed by atoms with Crippen LogP contribution in [0.5, 0.6) is 5.75 Å². The van der Waals surface area contributed by atoms with Gasteiger partial charge in [-0.2, -0.15) is 5.10 Å². The Hall–Kier alpha value is -4.29. The van der Waals surface area contributed by atoms with Crippen molar-refractivity contribution in [1.29, 1.82) is 0 Å². The van der Waals surface area contributed by atoms with Crippen LogP contribution in [0.1, 0.15) is 49.4 Å². The van der Waals surface area contributed by atoms with Crippen LogP contribution in [0.3, 0.4) is 0 Å². The molecule has 0 fully saturated rings. The Morgan fingerprint density at radius 3 is 2.62 bits per heavy atom. The Labute approximate surface area is 235 Å². The van der Waals surface area contributed by atoms with E-state index in [1.54, 1.807) is 42.9 Å². The number of ether oxygens (including phenoxy) is 1. The first-order chi connectivity index (χ1) is 19.0. The molecule has 0 aliphatic heterocycles. The van der Waals surface area contributed by atoms with E-state index in [1.807, 2.05) is 6.92 Å². The van der Waals surface area contributed by atoms with E-state index in [1.165, 1.54) is 18.3 Å². The number of anilines is 1. The van der Waals surface area contributed by atoms with Gasteiger partial charge in [0.2, 0.25) is 0 Å². The lowest BCUT2D eigenvalue weighted by molar-refractivity contribution is 0.0992. The molecule has 9 nitrogen and oxygen atoms in total. The first-order valence-corrected chi connectivity index (χ1v) is 13.1. The molecule has 0 aliphatic rings. The summed E-state index contributed by atoms with van der Waals surface area (Å²) in [5.41, 5.74) is 7.57. The van der Waals surface area contributed by atoms with Gasteiger partial charge in [-0.15, -0.1) is 11.3 Å². The number of carbonyl (C=O) groups excluding carboxylic acids is 2. The highest BCUT2D eigenvalue weighted by atomic mass is 35.5. The van der Waals surface area contributed by atoms with Gasteiger partial charge in [-0.1, -0.05) is 11.6 Å². The number of benzene rings is 1. The van der Waals surface area contributed by atoms with Crippen LogP contribution >= 0.6 is 22.9 Å². The first-order valence-electron chi connectivity index (χ1n) is 11.9. The second-order valence-corrected chi connectivity index (χ2v) is 10.4. The number of hydrogen-bond donors (Lipinski definition) is 2. The molecule has 206 valence electrons. The summed E-state index contributed by atoms with van der Waals surface area (Å²) >= 11 is 6.80. The summed E-state index contributed by atoms with van der Waals surface area (Å²) in [6, 6.07) is 9.47. The number of furan rings is 1. The van der Waals surface area contributed by atoms with Gasteiger partial charge >= 0.3 is 0 Å². The largest absolute Gasteiger partial charge is 0.485 e. The average Bonchev–Trinajstić information content (AvgIpc) is 3.61. The fourth-order valence-electron chi connectivity index (χ4n) is 4.17. The number of fused-ring (bicyclic) bond motifs is 1. The van der Waals surface area contributed by atoms with Crippen LogP contribution in [0, 0.1) is 13.8 Å². The maximum atomic E-state index is 13.7. The smallest absolute Gasteiger partial charge is 0.291 e. The molecule has 0 spiro atoms. The quantitative estimate of drug-likeness (QED) is 0.216. The summed E-state index contributed by atoms with van der Waals surface area (Å²) < 4.78 is 40.5. The third-order valence-corrected chi connectivity index (χ3v) is 7.62. The number of nitrogens with one attached hydrogen (secondary N) is 1. The van der Waals surface area contributed by atoms with Crippen molar-refractivity contribution < 1.29 is 27.5 Å². The van der Waals surface area contributed by atoms with Crippen molar-refractivity contribution >= 4 is 50.7 Å². The minimum atomic E-state index is -2.86. The molecule has 0 saturated heterocycles. The number of hydrogen-bond acceptors (Lipinski definition) is 7. The molecule has 13 heteroatoms. The van der Waals surface area contributed by atoms with E-state index in [-0.39, 0.29) is 27.8 Å². The lowest BCUT2D eigenvalue weighted by Gasteiger charge is -2.10. The Morgan fingerprint density at radius 1 is 1.20 bits per heavy atom. The van der Waals surface area contributed by atoms with E-state index < -0.39 is 23.9 Å². The lowest BCUT2D eigenvalue weighted by atomic mass is 10.0. The molecule has 0 radical (unpaired) electrons. The number of amides is 2. The predicted octanol–water partition coefficient (Wildman–Crippen LogP) is 6.43. The van der Waals surface area contributed by atoms with Gasteiger partial charge in [0.1, 0.15) is 33.5 Å². The van der Waals surface area contributed by atoms with E-state index in [4.69, 9.17) is 26.5 Å². The summed E-state index contributed by atoms with van der Waals surface area (Å²) in [6.07, 6.45) is -1.34. The van der Waals surface area contributed by atoms with Crippen molar-refractivity contribution in [1.82, 2.24) is 14.8 Å². The number of nitrogens with zero attached hydrogens (tertiary/aromatic N) is 3. The standard InChI is InChI=1S/C27H22ClF2N5O4S/c1-12-8-14(28)4-6-19(12)38-11-15-5-7-20(39-15)26(37)34-22-21-16(17-10-32-35(3)13(17)2)9-18(24(29)30)33-27(21)40-23(22)25(31)36/h4-10,24H,11H2,1-3H3,(H2,31,36)(H,34,37). The number of aryl methyl sites for hydroxylation is 2. The fourth-order valence-corrected chi connectivity index (χ4v) is 5.41. The summed E-state index contributed by atoms with van der Waals surface area (Å²) in [6.45, 7) is 3.67. The maximum absolute atomic E-state index is 13.7. The Kier molecular flexibility index (Phi) is 7.30. The van der Waals surface area contributed by atoms with Crippen LogP contribution in [-0.4, -0.2) is 26.6 Å². The van der Waals surface area contributed by atoms with Gasteiger partial charge in [-0.05, 0) is 61.4 Å². The Morgan fingerprint density at radius 2 is 1.98 bits per heavy atom. The van der Waals surface area contributed by atoms with Crippen LogP contribution in [0.4, 0.5) is 14.5 Å². The van der Waals surface area contributed by atoms with Crippen molar-refractivity contribution in [3.8, 4) is 16.9 Å². The molecule has 0 aliphatic carbocycles. The predicted molar refractivity (Wildman–Crippen MR) is 147 cm³/mol. The van der Waals surface area contributed by atoms with Gasteiger partial charge in [0.25, 0.3) is 18.2 Å². The molecular weight excluding hydrogens is 564 g/mol. The van der Waals surface area contributed by atoms with Crippen molar-refractivity contribution in [2.45, 2.75) is 26.9 Å². The van der Waals surface area contributed by atoms with Crippen LogP contribution in [-0.2, 0) is 13.7 Å². The van der Waals surface area contributed by atoms with Crippen molar-refractivity contribution in [3.63, 3.8) is 0 Å². The number of primary amides is 1. The highest BCUT2D eigenvalue weighted by molar-refractivity contribution is 7.21. The second-order valence-electron chi connectivity index (χ2n) is 8.93. The third-order valence-electron chi connectivity index (χ3n) is 6.29. The van der Waals surface area contributed by atoms with E-state index in [0.717, 1.165) is 16.9 Å². The number of nitrogens with two attached hydrogens (primary N) is 1. The molecule has 1 aromatic carbocycles. The van der Waals surface area contributed by atoms with Crippen molar-refractivity contribution in [2.24, 2.45) is 12.8 Å². The highest BCUT2D eigenvalue weighted by Gasteiger charge is 2.27. The van der Waals surface area contributed by atoms with Crippen LogP contribution in [0.25, 0.3) is 21.3 Å². The molecule has 3 N–H and O–H groups in total. The van der Waals surface area contributed by atoms with Gasteiger partial charge in [0, 0.05) is 28.7 Å². The lowest BCUT2D eigenvalue weighted by Crippen LogP contribution is -2.16. The molecular formula is C27H22ClF2N5O4S. The zero-order valence-electron chi connectivity index (χ0n) is 21.4. The van der Waals surface area contributed by atoms with Crippen molar-refractivity contribution in [3.05, 3.63) is 81.0 Å². The fraction of sp³-hybridized carbons (Fsp3) is 0.185. The summed E-state index contributed by atoms with van der Waals surface area (Å²) in [5, 5.41) is 7.77. The Balaban J connectivity index is 1.50. The molecule has 2 amide bonds. The van der Waals surface area contributed by atoms with Crippen LogP contribution < -0.4 is 15.8 Å². The number of alkyl halides is 2. The maximum Gasteiger partial charge on any atom is 0.291 e.